The van der Waals surface area contributed by atoms with Gasteiger partial charge in [-0.1, -0.05) is 0 Å². The van der Waals surface area contributed by atoms with Gasteiger partial charge in [-0.15, -0.1) is 0 Å². The normalized spacial score (nSPS) is 29.3. The highest BCUT2D eigenvalue weighted by Crippen LogP contribution is 2.22. The lowest BCUT2D eigenvalue weighted by molar-refractivity contribution is 0.118. The predicted molar refractivity (Wildman–Crippen MR) is 53.8 cm³/mol. The maximum Gasteiger partial charge on any atom is 0.107 e. The molecule has 0 spiro atoms. The summed E-state index contributed by atoms with van der Waals surface area (Å²) in [6.45, 7) is 2.89. The summed E-state index contributed by atoms with van der Waals surface area (Å²) in [6, 6.07) is 0.158. The molecule has 0 bridgehead atoms. The summed E-state index contributed by atoms with van der Waals surface area (Å²) in [4.78, 5) is 7.24. The molecule has 1 aromatic rings. The number of aromatic amines is 1. The van der Waals surface area contributed by atoms with Crippen molar-refractivity contribution in [2.75, 3.05) is 6.61 Å². The minimum Gasteiger partial charge on any atom is -0.378 e. The first-order valence-corrected chi connectivity index (χ1v) is 5.11. The standard InChI is InChI=1S/C10H17N3O/c1-7-4-8(6-14-7)9(11)5-10-12-2-3-13-10/h2-3,7-9H,4-6,11H2,1H3,(H,12,13). The van der Waals surface area contributed by atoms with Gasteiger partial charge in [-0.05, 0) is 13.3 Å². The lowest BCUT2D eigenvalue weighted by Crippen LogP contribution is -2.33. The fraction of sp³-hybridized carbons (Fsp3) is 0.700. The third-order valence-corrected chi connectivity index (χ3v) is 2.82. The monoisotopic (exact) mass is 195 g/mol. The Bertz CT molecular complexity index is 273. The summed E-state index contributed by atoms with van der Waals surface area (Å²) in [6.07, 6.45) is 5.84. The van der Waals surface area contributed by atoms with E-state index in [0.29, 0.717) is 12.0 Å². The highest BCUT2D eigenvalue weighted by atomic mass is 16.5. The van der Waals surface area contributed by atoms with E-state index in [1.807, 2.05) is 6.20 Å². The summed E-state index contributed by atoms with van der Waals surface area (Å²) >= 11 is 0. The number of hydrogen-bond donors (Lipinski definition) is 2. The van der Waals surface area contributed by atoms with Crippen molar-refractivity contribution in [2.45, 2.75) is 31.9 Å². The highest BCUT2D eigenvalue weighted by molar-refractivity contribution is 4.93. The maximum atomic E-state index is 6.09. The number of imidazole rings is 1. The van der Waals surface area contributed by atoms with Crippen molar-refractivity contribution in [3.63, 3.8) is 0 Å². The summed E-state index contributed by atoms with van der Waals surface area (Å²) in [5.74, 6) is 1.45. The van der Waals surface area contributed by atoms with E-state index < -0.39 is 0 Å². The Morgan fingerprint density at radius 3 is 3.21 bits per heavy atom. The third-order valence-electron chi connectivity index (χ3n) is 2.82. The summed E-state index contributed by atoms with van der Waals surface area (Å²) < 4.78 is 5.50. The lowest BCUT2D eigenvalue weighted by atomic mass is 9.95. The lowest BCUT2D eigenvalue weighted by Gasteiger charge is -2.15. The summed E-state index contributed by atoms with van der Waals surface area (Å²) in [7, 11) is 0. The molecule has 1 aromatic heterocycles. The van der Waals surface area contributed by atoms with E-state index >= 15 is 0 Å². The highest BCUT2D eigenvalue weighted by Gasteiger charge is 2.27. The van der Waals surface area contributed by atoms with Gasteiger partial charge >= 0.3 is 0 Å². The molecular weight excluding hydrogens is 178 g/mol. The molecule has 0 saturated carbocycles. The first kappa shape index (κ1) is 9.68. The van der Waals surface area contributed by atoms with Crippen molar-refractivity contribution in [1.29, 1.82) is 0 Å². The van der Waals surface area contributed by atoms with E-state index in [4.69, 9.17) is 10.5 Å². The smallest absolute Gasteiger partial charge is 0.107 e. The van der Waals surface area contributed by atoms with Crippen molar-refractivity contribution in [1.82, 2.24) is 9.97 Å². The molecule has 2 heterocycles. The van der Waals surface area contributed by atoms with E-state index in [9.17, 15) is 0 Å². The third kappa shape index (κ3) is 2.13. The van der Waals surface area contributed by atoms with Crippen molar-refractivity contribution in [3.05, 3.63) is 18.2 Å². The first-order valence-electron chi connectivity index (χ1n) is 5.11. The number of ether oxygens (including phenoxy) is 1. The Morgan fingerprint density at radius 1 is 1.79 bits per heavy atom. The Balaban J connectivity index is 1.87. The number of rotatable bonds is 3. The number of H-pyrrole nitrogens is 1. The van der Waals surface area contributed by atoms with Crippen LogP contribution >= 0.6 is 0 Å². The molecule has 4 heteroatoms. The van der Waals surface area contributed by atoms with Gasteiger partial charge in [-0.3, -0.25) is 0 Å². The van der Waals surface area contributed by atoms with E-state index in [0.717, 1.165) is 25.3 Å². The summed E-state index contributed by atoms with van der Waals surface area (Å²) in [5.41, 5.74) is 6.09. The molecule has 3 N–H and O–H groups in total. The average molecular weight is 195 g/mol. The average Bonchev–Trinajstić information content (AvgIpc) is 2.75. The van der Waals surface area contributed by atoms with Crippen molar-refractivity contribution < 1.29 is 4.74 Å². The second-order valence-corrected chi connectivity index (χ2v) is 4.04. The minimum absolute atomic E-state index is 0.158. The van der Waals surface area contributed by atoms with E-state index in [-0.39, 0.29) is 6.04 Å². The number of nitrogens with one attached hydrogen (secondary N) is 1. The fourth-order valence-corrected chi connectivity index (χ4v) is 1.95. The molecule has 0 radical (unpaired) electrons. The van der Waals surface area contributed by atoms with Gasteiger partial charge in [-0.2, -0.15) is 0 Å². The molecule has 78 valence electrons. The quantitative estimate of drug-likeness (QED) is 0.746. The predicted octanol–water partition coefficient (Wildman–Crippen LogP) is 0.704. The molecule has 3 unspecified atom stereocenters. The number of nitrogens with two attached hydrogens (primary N) is 1. The Labute approximate surface area is 83.9 Å². The van der Waals surface area contributed by atoms with Crippen LogP contribution in [0.3, 0.4) is 0 Å². The topological polar surface area (TPSA) is 63.9 Å². The van der Waals surface area contributed by atoms with Gasteiger partial charge < -0.3 is 15.5 Å². The van der Waals surface area contributed by atoms with Gasteiger partial charge in [0.25, 0.3) is 0 Å². The van der Waals surface area contributed by atoms with Gasteiger partial charge in [0.2, 0.25) is 0 Å². The van der Waals surface area contributed by atoms with Crippen molar-refractivity contribution >= 4 is 0 Å². The number of hydrogen-bond acceptors (Lipinski definition) is 3. The Kier molecular flexibility index (Phi) is 2.84. The molecule has 2 rings (SSSR count). The van der Waals surface area contributed by atoms with Gasteiger partial charge in [0.15, 0.2) is 0 Å². The second kappa shape index (κ2) is 4.11. The molecule has 0 amide bonds. The zero-order valence-electron chi connectivity index (χ0n) is 8.44. The van der Waals surface area contributed by atoms with Crippen LogP contribution in [0, 0.1) is 5.92 Å². The van der Waals surface area contributed by atoms with Crippen LogP contribution in [0.15, 0.2) is 12.4 Å². The molecule has 14 heavy (non-hydrogen) atoms. The molecule has 1 saturated heterocycles. The van der Waals surface area contributed by atoms with Crippen LogP contribution in [0.5, 0.6) is 0 Å². The zero-order chi connectivity index (χ0) is 9.97. The molecule has 1 fully saturated rings. The van der Waals surface area contributed by atoms with E-state index in [1.54, 1.807) is 6.20 Å². The largest absolute Gasteiger partial charge is 0.378 e. The molecule has 0 aromatic carbocycles. The summed E-state index contributed by atoms with van der Waals surface area (Å²) in [5, 5.41) is 0. The molecule has 1 aliphatic heterocycles. The van der Waals surface area contributed by atoms with Crippen LogP contribution in [-0.4, -0.2) is 28.7 Å². The molecule has 1 aliphatic rings. The van der Waals surface area contributed by atoms with Crippen molar-refractivity contribution in [2.24, 2.45) is 11.7 Å². The minimum atomic E-state index is 0.158. The van der Waals surface area contributed by atoms with Crippen LogP contribution in [0.1, 0.15) is 19.2 Å². The van der Waals surface area contributed by atoms with Crippen LogP contribution in [-0.2, 0) is 11.2 Å². The molecule has 4 nitrogen and oxygen atoms in total. The van der Waals surface area contributed by atoms with Gasteiger partial charge in [0.05, 0.1) is 12.7 Å². The Morgan fingerprint density at radius 2 is 2.64 bits per heavy atom. The van der Waals surface area contributed by atoms with E-state index in [2.05, 4.69) is 16.9 Å². The SMILES string of the molecule is CC1CC(C(N)Cc2ncc[nH]2)CO1. The molecule has 0 aliphatic carbocycles. The molecule has 3 atom stereocenters. The van der Waals surface area contributed by atoms with E-state index in [1.165, 1.54) is 0 Å². The first-order chi connectivity index (χ1) is 6.75. The van der Waals surface area contributed by atoms with Crippen LogP contribution in [0.2, 0.25) is 0 Å². The fourth-order valence-electron chi connectivity index (χ4n) is 1.95. The Hall–Kier alpha value is -0.870. The van der Waals surface area contributed by atoms with Crippen molar-refractivity contribution in [3.8, 4) is 0 Å². The van der Waals surface area contributed by atoms with Crippen LogP contribution in [0.25, 0.3) is 0 Å². The van der Waals surface area contributed by atoms with Crippen LogP contribution in [0.4, 0.5) is 0 Å². The number of aromatic nitrogens is 2. The second-order valence-electron chi connectivity index (χ2n) is 4.04. The van der Waals surface area contributed by atoms with Gasteiger partial charge in [0, 0.05) is 30.8 Å². The van der Waals surface area contributed by atoms with Gasteiger partial charge in [0.1, 0.15) is 5.82 Å². The number of nitrogens with zero attached hydrogens (tertiary/aromatic N) is 1. The zero-order valence-corrected chi connectivity index (χ0v) is 8.44. The van der Waals surface area contributed by atoms with Crippen LogP contribution < -0.4 is 5.73 Å². The van der Waals surface area contributed by atoms with Gasteiger partial charge in [-0.25, -0.2) is 4.98 Å². The molecular formula is C10H17N3O. The maximum absolute atomic E-state index is 6.09.